The van der Waals surface area contributed by atoms with E-state index in [-0.39, 0.29) is 0 Å². The molecule has 4 heteroatoms. The minimum atomic E-state index is -2.08. The molecular weight excluding hydrogens is 379 g/mol. The third kappa shape index (κ3) is 6.17. The van der Waals surface area contributed by atoms with Gasteiger partial charge in [-0.05, 0) is 60.7 Å². The van der Waals surface area contributed by atoms with Gasteiger partial charge in [0.2, 0.25) is 6.16 Å². The van der Waals surface area contributed by atoms with Crippen LogP contribution in [-0.2, 0) is 0 Å². The first-order chi connectivity index (χ1) is 14.1. The molecule has 1 aliphatic carbocycles. The predicted octanol–water partition coefficient (Wildman–Crippen LogP) is 4.11. The Hall–Kier alpha value is -2.64. The fourth-order valence-corrected chi connectivity index (χ4v) is 6.62. The number of rotatable bonds is 4. The summed E-state index contributed by atoms with van der Waals surface area (Å²) in [6, 6.07) is 31.7. The monoisotopic (exact) mass is 406 g/mol. The minimum Gasteiger partial charge on any atom is -0.565 e. The molecule has 0 amide bonds. The Kier molecular flexibility index (Phi) is 7.84. The molecule has 3 nitrogen and oxygen atoms in total. The summed E-state index contributed by atoms with van der Waals surface area (Å²) in [5.74, 6) is 0.784. The normalized spacial score (nSPS) is 14.1. The second-order valence-corrected chi connectivity index (χ2v) is 9.81. The van der Waals surface area contributed by atoms with Gasteiger partial charge in [-0.15, -0.1) is 0 Å². The summed E-state index contributed by atoms with van der Waals surface area (Å²) in [4.78, 5) is 8.44. The topological polar surface area (TPSA) is 60.4 Å². The lowest BCUT2D eigenvalue weighted by atomic mass is 9.84. The first kappa shape index (κ1) is 21.1. The third-order valence-electron chi connectivity index (χ3n) is 5.40. The van der Waals surface area contributed by atoms with E-state index in [2.05, 4.69) is 84.9 Å². The molecule has 1 fully saturated rings. The van der Waals surface area contributed by atoms with Gasteiger partial charge in [-0.3, -0.25) is 0 Å². The Morgan fingerprint density at radius 3 is 1.59 bits per heavy atom. The van der Waals surface area contributed by atoms with Crippen LogP contribution in [0.4, 0.5) is 4.79 Å². The Balaban J connectivity index is 0.000000552. The number of carboxylic acid groups (broad SMARTS) is 2. The van der Waals surface area contributed by atoms with Gasteiger partial charge in [0.1, 0.15) is 15.9 Å². The summed E-state index contributed by atoms with van der Waals surface area (Å²) < 4.78 is 0. The molecule has 0 unspecified atom stereocenters. The molecule has 0 spiro atoms. The number of carbonyl (C=O) groups is 1. The van der Waals surface area contributed by atoms with Gasteiger partial charge in [0.15, 0.2) is 0 Å². The molecular formula is C25H27O3P. The van der Waals surface area contributed by atoms with Crippen LogP contribution in [0.5, 0.6) is 0 Å². The maximum Gasteiger partial charge on any atom is 0.249 e. The second-order valence-electron chi connectivity index (χ2n) is 7.33. The molecule has 3 aromatic carbocycles. The van der Waals surface area contributed by atoms with Gasteiger partial charge in [0.25, 0.3) is 0 Å². The van der Waals surface area contributed by atoms with Crippen LogP contribution in [0, 0.1) is 0 Å². The summed E-state index contributed by atoms with van der Waals surface area (Å²) in [6.45, 7) is 0. The van der Waals surface area contributed by atoms with E-state index >= 15 is 0 Å². The molecule has 0 bridgehead atoms. The van der Waals surface area contributed by atoms with Gasteiger partial charge in [-0.2, -0.15) is 0 Å². The Morgan fingerprint density at radius 1 is 0.724 bits per heavy atom. The van der Waals surface area contributed by atoms with Gasteiger partial charge < -0.3 is 15.0 Å². The van der Waals surface area contributed by atoms with Gasteiger partial charge in [0, 0.05) is 0 Å². The lowest BCUT2D eigenvalue weighted by Gasteiger charge is -2.22. The smallest absolute Gasteiger partial charge is 0.249 e. The van der Waals surface area contributed by atoms with Crippen molar-refractivity contribution >= 4 is 30.0 Å². The first-order valence-electron chi connectivity index (χ1n) is 10.1. The van der Waals surface area contributed by atoms with Crippen molar-refractivity contribution in [1.82, 2.24) is 0 Å². The van der Waals surface area contributed by atoms with Gasteiger partial charge in [-0.25, -0.2) is 0 Å². The van der Waals surface area contributed by atoms with Crippen LogP contribution < -0.4 is 21.0 Å². The molecule has 29 heavy (non-hydrogen) atoms. The fraction of sp³-hybridized carbons (Fsp3) is 0.240. The summed E-state index contributed by atoms with van der Waals surface area (Å²) in [5.41, 5.74) is 1.55. The fourth-order valence-electron chi connectivity index (χ4n) is 4.07. The molecule has 0 aromatic heterocycles. The lowest BCUT2D eigenvalue weighted by molar-refractivity contribution is -0.275. The average molecular weight is 406 g/mol. The Labute approximate surface area is 173 Å². The van der Waals surface area contributed by atoms with E-state index < -0.39 is 14.1 Å². The zero-order valence-corrected chi connectivity index (χ0v) is 17.5. The zero-order valence-electron chi connectivity index (χ0n) is 16.5. The van der Waals surface area contributed by atoms with Crippen LogP contribution >= 0.6 is 7.92 Å². The molecule has 0 aliphatic heterocycles. The highest BCUT2D eigenvalue weighted by Crippen LogP contribution is 2.35. The molecule has 0 atom stereocenters. The molecule has 0 radical (unpaired) electrons. The van der Waals surface area contributed by atoms with Crippen molar-refractivity contribution in [2.45, 2.75) is 38.0 Å². The summed E-state index contributed by atoms with van der Waals surface area (Å²) in [5, 5.41) is 19.7. The van der Waals surface area contributed by atoms with Crippen LogP contribution in [0.25, 0.3) is 0 Å². The predicted molar refractivity (Wildman–Crippen MR) is 120 cm³/mol. The van der Waals surface area contributed by atoms with Crippen molar-refractivity contribution in [3.63, 3.8) is 0 Å². The van der Waals surface area contributed by atoms with Crippen LogP contribution in [-0.4, -0.2) is 11.3 Å². The largest absolute Gasteiger partial charge is 0.565 e. The van der Waals surface area contributed by atoms with E-state index in [0.29, 0.717) is 0 Å². The van der Waals surface area contributed by atoms with Crippen molar-refractivity contribution in [2.75, 3.05) is 0 Å². The molecule has 3 aromatic rings. The van der Waals surface area contributed by atoms with E-state index in [0.717, 1.165) is 5.92 Å². The van der Waals surface area contributed by atoms with Crippen LogP contribution in [0.3, 0.4) is 0 Å². The molecule has 0 saturated heterocycles. The van der Waals surface area contributed by atoms with Crippen molar-refractivity contribution in [1.29, 1.82) is 0 Å². The van der Waals surface area contributed by atoms with Crippen LogP contribution in [0.2, 0.25) is 0 Å². The van der Waals surface area contributed by atoms with E-state index in [4.69, 9.17) is 15.0 Å². The van der Waals surface area contributed by atoms with Crippen LogP contribution in [0.15, 0.2) is 84.9 Å². The van der Waals surface area contributed by atoms with E-state index in [9.17, 15) is 0 Å². The average Bonchev–Trinajstić information content (AvgIpc) is 2.76. The molecule has 4 rings (SSSR count). The standard InChI is InChI=1S/C24H25P.CH2O3/c1-4-10-20(11-5-1)21-16-18-24(19-17-21)25(22-12-6-2-7-13-22)23-14-8-3-9-15-23;2-1(3)4/h2-3,6-9,12-20H,1,4-5,10-11H2;(H2,2,3,4). The molecule has 150 valence electrons. The summed E-state index contributed by atoms with van der Waals surface area (Å²) >= 11 is 0. The number of benzene rings is 3. The number of hydrogen-bond donors (Lipinski definition) is 1. The third-order valence-corrected chi connectivity index (χ3v) is 8.13. The van der Waals surface area contributed by atoms with Crippen molar-refractivity contribution < 1.29 is 15.0 Å². The summed E-state index contributed by atoms with van der Waals surface area (Å²) in [6.07, 6.45) is 4.87. The van der Waals surface area contributed by atoms with Gasteiger partial charge in [-0.1, -0.05) is 67.8 Å². The quantitative estimate of drug-likeness (QED) is 0.664. The lowest BCUT2D eigenvalue weighted by Crippen LogP contribution is -2.20. The highest BCUT2D eigenvalue weighted by molar-refractivity contribution is 7.79. The second kappa shape index (κ2) is 10.8. The van der Waals surface area contributed by atoms with Gasteiger partial charge >= 0.3 is 0 Å². The van der Waals surface area contributed by atoms with Crippen LogP contribution in [0.1, 0.15) is 43.6 Å². The maximum atomic E-state index is 8.44. The Bertz CT molecular complexity index is 829. The van der Waals surface area contributed by atoms with E-state index in [1.165, 1.54) is 48.0 Å². The van der Waals surface area contributed by atoms with E-state index in [1.54, 1.807) is 5.56 Å². The maximum absolute atomic E-state index is 8.44. The zero-order chi connectivity index (χ0) is 20.5. The van der Waals surface area contributed by atoms with Crippen molar-refractivity contribution in [2.24, 2.45) is 0 Å². The highest BCUT2D eigenvalue weighted by Gasteiger charge is 2.25. The molecule has 1 saturated carbocycles. The summed E-state index contributed by atoms with van der Waals surface area (Å²) in [7, 11) is -0.924. The Morgan fingerprint density at radius 2 is 1.14 bits per heavy atom. The van der Waals surface area contributed by atoms with Crippen molar-refractivity contribution in [3.8, 4) is 0 Å². The number of hydrogen-bond acceptors (Lipinski definition) is 2. The molecule has 1 aliphatic rings. The molecule has 1 N–H and O–H groups in total. The van der Waals surface area contributed by atoms with E-state index in [1.807, 2.05) is 0 Å². The first-order valence-corrected chi connectivity index (χ1v) is 11.6. The SMILES string of the molecule is O=C([O-])O.c1ccc([PH+](c2ccccc2)c2ccc(C3CCCCC3)cc2)cc1. The molecule has 0 heterocycles. The minimum absolute atomic E-state index is 0.784. The van der Waals surface area contributed by atoms with Crippen molar-refractivity contribution in [3.05, 3.63) is 90.5 Å². The highest BCUT2D eigenvalue weighted by atomic mass is 31.1. The van der Waals surface area contributed by atoms with Gasteiger partial charge in [0.05, 0.1) is 7.92 Å².